The lowest BCUT2D eigenvalue weighted by molar-refractivity contribution is -0.139. The summed E-state index contributed by atoms with van der Waals surface area (Å²) in [5, 5.41) is 5.42. The quantitative estimate of drug-likeness (QED) is 0.812. The van der Waals surface area contributed by atoms with Crippen LogP contribution in [-0.2, 0) is 16.1 Å². The summed E-state index contributed by atoms with van der Waals surface area (Å²) in [6.07, 6.45) is 4.24. The summed E-state index contributed by atoms with van der Waals surface area (Å²) in [5.41, 5.74) is 2.14. The average molecular weight is 260 g/mol. The highest BCUT2D eigenvalue weighted by atomic mass is 16.2. The molecule has 0 atom stereocenters. The summed E-state index contributed by atoms with van der Waals surface area (Å²) < 4.78 is 0. The first-order chi connectivity index (χ1) is 9.15. The van der Waals surface area contributed by atoms with Crippen LogP contribution in [0.3, 0.4) is 0 Å². The van der Waals surface area contributed by atoms with E-state index in [0.717, 1.165) is 36.8 Å². The summed E-state index contributed by atoms with van der Waals surface area (Å²) in [7, 11) is 0. The van der Waals surface area contributed by atoms with Crippen molar-refractivity contribution in [3.63, 3.8) is 0 Å². The van der Waals surface area contributed by atoms with Crippen molar-refractivity contribution in [3.8, 4) is 0 Å². The van der Waals surface area contributed by atoms with Gasteiger partial charge in [-0.05, 0) is 25.3 Å². The minimum absolute atomic E-state index is 0.178. The van der Waals surface area contributed by atoms with Gasteiger partial charge in [0.15, 0.2) is 0 Å². The zero-order valence-corrected chi connectivity index (χ0v) is 11.2. The normalized spacial score (nSPS) is 15.2. The molecule has 2 N–H and O–H groups in total. The van der Waals surface area contributed by atoms with Gasteiger partial charge in [0.05, 0.1) is 0 Å². The lowest BCUT2D eigenvalue weighted by Gasteiger charge is -2.11. The van der Waals surface area contributed by atoms with Crippen LogP contribution in [0.4, 0.5) is 0 Å². The highest BCUT2D eigenvalue weighted by Gasteiger charge is 2.20. The molecule has 1 fully saturated rings. The molecule has 0 radical (unpaired) electrons. The smallest absolute Gasteiger partial charge is 0.309 e. The molecule has 0 saturated heterocycles. The Balaban J connectivity index is 1.78. The number of hydrogen-bond donors (Lipinski definition) is 2. The minimum atomic E-state index is -0.548. The van der Waals surface area contributed by atoms with Crippen molar-refractivity contribution in [3.05, 3.63) is 35.4 Å². The van der Waals surface area contributed by atoms with Gasteiger partial charge in [0, 0.05) is 12.6 Å². The molecule has 0 aliphatic heterocycles. The van der Waals surface area contributed by atoms with Crippen LogP contribution in [0, 0.1) is 6.92 Å². The van der Waals surface area contributed by atoms with Crippen LogP contribution in [-0.4, -0.2) is 17.9 Å². The Morgan fingerprint density at radius 2 is 1.95 bits per heavy atom. The Bertz CT molecular complexity index is 465. The maximum atomic E-state index is 11.7. The predicted molar refractivity (Wildman–Crippen MR) is 73.4 cm³/mol. The molecule has 4 heteroatoms. The molecule has 0 heterocycles. The molecule has 1 aliphatic carbocycles. The second kappa shape index (κ2) is 6.36. The number of nitrogens with one attached hydrogen (secondary N) is 2. The minimum Gasteiger partial charge on any atom is -0.345 e. The first-order valence-corrected chi connectivity index (χ1v) is 6.79. The zero-order chi connectivity index (χ0) is 13.7. The molecule has 4 nitrogen and oxygen atoms in total. The van der Waals surface area contributed by atoms with Gasteiger partial charge in [-0.15, -0.1) is 0 Å². The number of amides is 2. The molecule has 0 spiro atoms. The fourth-order valence-corrected chi connectivity index (χ4v) is 2.41. The van der Waals surface area contributed by atoms with Crippen LogP contribution in [0.2, 0.25) is 0 Å². The Hall–Kier alpha value is -1.84. The van der Waals surface area contributed by atoms with Crippen LogP contribution < -0.4 is 10.6 Å². The highest BCUT2D eigenvalue weighted by molar-refractivity contribution is 6.35. The van der Waals surface area contributed by atoms with Gasteiger partial charge in [-0.1, -0.05) is 42.7 Å². The van der Waals surface area contributed by atoms with Gasteiger partial charge in [0.1, 0.15) is 0 Å². The van der Waals surface area contributed by atoms with Crippen molar-refractivity contribution in [2.24, 2.45) is 0 Å². The molecule has 1 saturated carbocycles. The third kappa shape index (κ3) is 4.09. The van der Waals surface area contributed by atoms with Gasteiger partial charge in [-0.3, -0.25) is 9.59 Å². The molecule has 1 aromatic rings. The number of benzene rings is 1. The second-order valence-corrected chi connectivity index (χ2v) is 5.13. The molecule has 1 aromatic carbocycles. The topological polar surface area (TPSA) is 58.2 Å². The molecule has 0 unspecified atom stereocenters. The van der Waals surface area contributed by atoms with E-state index in [0.29, 0.717) is 6.54 Å². The number of aryl methyl sites for hydroxylation is 1. The SMILES string of the molecule is Cc1cccc(CNC(=O)C(=O)NC2CCCC2)c1. The average Bonchev–Trinajstić information content (AvgIpc) is 2.89. The Morgan fingerprint density at radius 1 is 1.21 bits per heavy atom. The lowest BCUT2D eigenvalue weighted by atomic mass is 10.1. The number of carbonyl (C=O) groups is 2. The molecule has 1 aliphatic rings. The van der Waals surface area contributed by atoms with Gasteiger partial charge in [0.25, 0.3) is 0 Å². The van der Waals surface area contributed by atoms with E-state index in [1.807, 2.05) is 31.2 Å². The van der Waals surface area contributed by atoms with Gasteiger partial charge in [-0.2, -0.15) is 0 Å². The van der Waals surface area contributed by atoms with Crippen LogP contribution in [0.5, 0.6) is 0 Å². The Labute approximate surface area is 113 Å². The molecule has 0 bridgehead atoms. The van der Waals surface area contributed by atoms with Crippen molar-refractivity contribution < 1.29 is 9.59 Å². The maximum Gasteiger partial charge on any atom is 0.309 e. The van der Waals surface area contributed by atoms with Gasteiger partial charge in [-0.25, -0.2) is 0 Å². The van der Waals surface area contributed by atoms with Gasteiger partial charge in [0.2, 0.25) is 0 Å². The lowest BCUT2D eigenvalue weighted by Crippen LogP contribution is -2.43. The largest absolute Gasteiger partial charge is 0.345 e. The molecular weight excluding hydrogens is 240 g/mol. The number of hydrogen-bond acceptors (Lipinski definition) is 2. The molecule has 2 amide bonds. The Kier molecular flexibility index (Phi) is 4.55. The molecule has 0 aromatic heterocycles. The van der Waals surface area contributed by atoms with Crippen molar-refractivity contribution in [1.29, 1.82) is 0 Å². The van der Waals surface area contributed by atoms with Crippen molar-refractivity contribution in [2.75, 3.05) is 0 Å². The second-order valence-electron chi connectivity index (χ2n) is 5.13. The molecular formula is C15H20N2O2. The molecule has 19 heavy (non-hydrogen) atoms. The van der Waals surface area contributed by atoms with Crippen LogP contribution in [0.1, 0.15) is 36.8 Å². The third-order valence-electron chi connectivity index (χ3n) is 3.43. The van der Waals surface area contributed by atoms with E-state index in [9.17, 15) is 9.59 Å². The van der Waals surface area contributed by atoms with Crippen LogP contribution in [0.15, 0.2) is 24.3 Å². The monoisotopic (exact) mass is 260 g/mol. The van der Waals surface area contributed by atoms with E-state index in [1.54, 1.807) is 0 Å². The number of rotatable bonds is 3. The maximum absolute atomic E-state index is 11.7. The van der Waals surface area contributed by atoms with Crippen molar-refractivity contribution in [2.45, 2.75) is 45.2 Å². The first-order valence-electron chi connectivity index (χ1n) is 6.79. The summed E-state index contributed by atoms with van der Waals surface area (Å²) >= 11 is 0. The molecule has 102 valence electrons. The van der Waals surface area contributed by atoms with E-state index in [-0.39, 0.29) is 6.04 Å². The van der Waals surface area contributed by atoms with Crippen molar-refractivity contribution >= 4 is 11.8 Å². The van der Waals surface area contributed by atoms with Crippen molar-refractivity contribution in [1.82, 2.24) is 10.6 Å². The van der Waals surface area contributed by atoms with E-state index < -0.39 is 11.8 Å². The van der Waals surface area contributed by atoms with Crippen LogP contribution in [0.25, 0.3) is 0 Å². The van der Waals surface area contributed by atoms with Gasteiger partial charge >= 0.3 is 11.8 Å². The van der Waals surface area contributed by atoms with E-state index >= 15 is 0 Å². The summed E-state index contributed by atoms with van der Waals surface area (Å²) in [6.45, 7) is 2.39. The Morgan fingerprint density at radius 3 is 2.63 bits per heavy atom. The fourth-order valence-electron chi connectivity index (χ4n) is 2.41. The summed E-state index contributed by atoms with van der Waals surface area (Å²) in [6, 6.07) is 8.04. The first kappa shape index (κ1) is 13.6. The van der Waals surface area contributed by atoms with E-state index in [1.165, 1.54) is 0 Å². The standard InChI is InChI=1S/C15H20N2O2/c1-11-5-4-6-12(9-11)10-16-14(18)15(19)17-13-7-2-3-8-13/h4-6,9,13H,2-3,7-8,10H2,1H3,(H,16,18)(H,17,19). The third-order valence-corrected chi connectivity index (χ3v) is 3.43. The fraction of sp³-hybridized carbons (Fsp3) is 0.467. The van der Waals surface area contributed by atoms with Crippen LogP contribution >= 0.6 is 0 Å². The van der Waals surface area contributed by atoms with Gasteiger partial charge < -0.3 is 10.6 Å². The highest BCUT2D eigenvalue weighted by Crippen LogP contribution is 2.17. The summed E-state index contributed by atoms with van der Waals surface area (Å²) in [4.78, 5) is 23.3. The van der Waals surface area contributed by atoms with E-state index in [4.69, 9.17) is 0 Å². The number of carbonyl (C=O) groups excluding carboxylic acids is 2. The zero-order valence-electron chi connectivity index (χ0n) is 11.2. The summed E-state index contributed by atoms with van der Waals surface area (Å²) in [5.74, 6) is -1.06. The predicted octanol–water partition coefficient (Wildman–Crippen LogP) is 1.67. The van der Waals surface area contributed by atoms with E-state index in [2.05, 4.69) is 10.6 Å². The molecule has 2 rings (SSSR count).